The first-order valence-corrected chi connectivity index (χ1v) is 3.77. The van der Waals surface area contributed by atoms with Gasteiger partial charge in [0.2, 0.25) is 0 Å². The van der Waals surface area contributed by atoms with Crippen molar-refractivity contribution in [2.24, 2.45) is 0 Å². The van der Waals surface area contributed by atoms with Crippen LogP contribution in [0.1, 0.15) is 15.9 Å². The summed E-state index contributed by atoms with van der Waals surface area (Å²) in [6.07, 6.45) is 0.334. The third-order valence-corrected chi connectivity index (χ3v) is 1.66. The topological polar surface area (TPSA) is 57.5 Å². The van der Waals surface area contributed by atoms with Crippen LogP contribution in [0.3, 0.4) is 0 Å². The van der Waals surface area contributed by atoms with E-state index in [1.165, 1.54) is 12.1 Å². The zero-order valence-electron chi connectivity index (χ0n) is 6.83. The summed E-state index contributed by atoms with van der Waals surface area (Å²) in [4.78, 5) is 10.5. The highest BCUT2D eigenvalue weighted by Crippen LogP contribution is 2.10. The Labute approximate surface area is 74.4 Å². The first-order valence-electron chi connectivity index (χ1n) is 3.77. The van der Waals surface area contributed by atoms with Crippen LogP contribution in [0.2, 0.25) is 0 Å². The molecular formula is C9H9FO3. The second-order valence-corrected chi connectivity index (χ2v) is 2.59. The van der Waals surface area contributed by atoms with Gasteiger partial charge in [0.15, 0.2) is 0 Å². The minimum Gasteiger partial charge on any atom is -0.478 e. The number of aromatic carboxylic acids is 1. The maximum atomic E-state index is 12.8. The zero-order chi connectivity index (χ0) is 9.84. The van der Waals surface area contributed by atoms with E-state index in [-0.39, 0.29) is 12.2 Å². The molecule has 1 aromatic carbocycles. The first-order chi connectivity index (χ1) is 6.15. The lowest BCUT2D eigenvalue weighted by Gasteiger charge is -2.01. The summed E-state index contributed by atoms with van der Waals surface area (Å²) in [5.74, 6) is -2.05. The van der Waals surface area contributed by atoms with Gasteiger partial charge in [-0.2, -0.15) is 0 Å². The molecule has 0 saturated carbocycles. The molecule has 0 saturated heterocycles. The van der Waals surface area contributed by atoms with Gasteiger partial charge in [0, 0.05) is 6.61 Å². The fraction of sp³-hybridized carbons (Fsp3) is 0.222. The maximum absolute atomic E-state index is 12.8. The van der Waals surface area contributed by atoms with Crippen LogP contribution in [0.25, 0.3) is 0 Å². The number of carboxylic acids is 1. The van der Waals surface area contributed by atoms with E-state index in [9.17, 15) is 9.18 Å². The molecule has 0 atom stereocenters. The first kappa shape index (κ1) is 9.67. The fourth-order valence-electron chi connectivity index (χ4n) is 1.02. The quantitative estimate of drug-likeness (QED) is 0.738. The second kappa shape index (κ2) is 4.00. The number of carbonyl (C=O) groups is 1. The molecule has 0 bridgehead atoms. The summed E-state index contributed by atoms with van der Waals surface area (Å²) >= 11 is 0. The summed E-state index contributed by atoms with van der Waals surface area (Å²) in [6.45, 7) is -0.0787. The Hall–Kier alpha value is -1.42. The predicted molar refractivity (Wildman–Crippen MR) is 44.1 cm³/mol. The third kappa shape index (κ3) is 2.26. The summed E-state index contributed by atoms with van der Waals surface area (Å²) in [6, 6.07) is 3.78. The SMILES string of the molecule is O=C(O)c1cc(CCO)ccc1F. The van der Waals surface area contributed by atoms with Crippen LogP contribution >= 0.6 is 0 Å². The molecule has 0 aromatic heterocycles. The molecular weight excluding hydrogens is 175 g/mol. The monoisotopic (exact) mass is 184 g/mol. The van der Waals surface area contributed by atoms with E-state index in [2.05, 4.69) is 0 Å². The van der Waals surface area contributed by atoms with Crippen LogP contribution in [-0.4, -0.2) is 22.8 Å². The normalized spacial score (nSPS) is 10.0. The molecule has 1 rings (SSSR count). The lowest BCUT2D eigenvalue weighted by Crippen LogP contribution is -2.02. The summed E-state index contributed by atoms with van der Waals surface area (Å²) in [5.41, 5.74) is 0.257. The van der Waals surface area contributed by atoms with Crippen LogP contribution in [-0.2, 0) is 6.42 Å². The molecule has 0 spiro atoms. The molecule has 1 aromatic rings. The smallest absolute Gasteiger partial charge is 0.338 e. The van der Waals surface area contributed by atoms with E-state index in [0.717, 1.165) is 6.07 Å². The maximum Gasteiger partial charge on any atom is 0.338 e. The number of rotatable bonds is 3. The van der Waals surface area contributed by atoms with Crippen molar-refractivity contribution < 1.29 is 19.4 Å². The van der Waals surface area contributed by atoms with Crippen LogP contribution in [0.15, 0.2) is 18.2 Å². The molecule has 13 heavy (non-hydrogen) atoms. The minimum atomic E-state index is -1.29. The van der Waals surface area contributed by atoms with Crippen molar-refractivity contribution in [2.75, 3.05) is 6.61 Å². The Morgan fingerprint density at radius 3 is 2.69 bits per heavy atom. The molecule has 3 nitrogen and oxygen atoms in total. The van der Waals surface area contributed by atoms with Crippen molar-refractivity contribution in [3.8, 4) is 0 Å². The number of benzene rings is 1. The van der Waals surface area contributed by atoms with E-state index < -0.39 is 11.8 Å². The summed E-state index contributed by atoms with van der Waals surface area (Å²) in [5, 5.41) is 17.1. The molecule has 0 aliphatic heterocycles. The van der Waals surface area contributed by atoms with Gasteiger partial charge in [-0.05, 0) is 24.1 Å². The van der Waals surface area contributed by atoms with Crippen molar-refractivity contribution in [1.29, 1.82) is 0 Å². The van der Waals surface area contributed by atoms with Crippen molar-refractivity contribution >= 4 is 5.97 Å². The van der Waals surface area contributed by atoms with E-state index in [0.29, 0.717) is 12.0 Å². The number of aliphatic hydroxyl groups is 1. The van der Waals surface area contributed by atoms with E-state index in [1.54, 1.807) is 0 Å². The number of aliphatic hydroxyl groups excluding tert-OH is 1. The molecule has 0 radical (unpaired) electrons. The molecule has 4 heteroatoms. The third-order valence-electron chi connectivity index (χ3n) is 1.66. The van der Waals surface area contributed by atoms with Gasteiger partial charge in [-0.1, -0.05) is 6.07 Å². The second-order valence-electron chi connectivity index (χ2n) is 2.59. The largest absolute Gasteiger partial charge is 0.478 e. The highest BCUT2D eigenvalue weighted by Gasteiger charge is 2.09. The molecule has 70 valence electrons. The van der Waals surface area contributed by atoms with Gasteiger partial charge in [0.25, 0.3) is 0 Å². The Morgan fingerprint density at radius 2 is 2.15 bits per heavy atom. The summed E-state index contributed by atoms with van der Waals surface area (Å²) in [7, 11) is 0. The number of hydrogen-bond acceptors (Lipinski definition) is 2. The van der Waals surface area contributed by atoms with E-state index in [1.807, 2.05) is 0 Å². The van der Waals surface area contributed by atoms with Crippen LogP contribution < -0.4 is 0 Å². The minimum absolute atomic E-state index is 0.0787. The Bertz CT molecular complexity index is 323. The predicted octanol–water partition coefficient (Wildman–Crippen LogP) is 1.06. The van der Waals surface area contributed by atoms with Crippen LogP contribution in [0.4, 0.5) is 4.39 Å². The van der Waals surface area contributed by atoms with E-state index >= 15 is 0 Å². The van der Waals surface area contributed by atoms with Crippen molar-refractivity contribution in [1.82, 2.24) is 0 Å². The van der Waals surface area contributed by atoms with Gasteiger partial charge >= 0.3 is 5.97 Å². The molecule has 0 heterocycles. The lowest BCUT2D eigenvalue weighted by molar-refractivity contribution is 0.0691. The fourth-order valence-corrected chi connectivity index (χ4v) is 1.02. The van der Waals surface area contributed by atoms with Crippen LogP contribution in [0.5, 0.6) is 0 Å². The van der Waals surface area contributed by atoms with Gasteiger partial charge in [-0.25, -0.2) is 9.18 Å². The molecule has 2 N–H and O–H groups in total. The van der Waals surface area contributed by atoms with Gasteiger partial charge in [-0.3, -0.25) is 0 Å². The summed E-state index contributed by atoms with van der Waals surface area (Å²) < 4.78 is 12.8. The number of carboxylic acid groups (broad SMARTS) is 1. The van der Waals surface area contributed by atoms with Crippen LogP contribution in [0, 0.1) is 5.82 Å². The van der Waals surface area contributed by atoms with Gasteiger partial charge in [0.05, 0.1) is 5.56 Å². The molecule has 0 aliphatic rings. The van der Waals surface area contributed by atoms with Crippen molar-refractivity contribution in [3.63, 3.8) is 0 Å². The molecule has 0 aliphatic carbocycles. The lowest BCUT2D eigenvalue weighted by atomic mass is 10.1. The average molecular weight is 184 g/mol. The highest BCUT2D eigenvalue weighted by molar-refractivity contribution is 5.88. The van der Waals surface area contributed by atoms with Crippen molar-refractivity contribution in [2.45, 2.75) is 6.42 Å². The molecule has 0 amide bonds. The molecule has 0 fully saturated rings. The standard InChI is InChI=1S/C9H9FO3/c10-8-2-1-6(3-4-11)5-7(8)9(12)13/h1-2,5,11H,3-4H2,(H,12,13). The Morgan fingerprint density at radius 1 is 1.46 bits per heavy atom. The van der Waals surface area contributed by atoms with Gasteiger partial charge < -0.3 is 10.2 Å². The van der Waals surface area contributed by atoms with Gasteiger partial charge in [0.1, 0.15) is 5.82 Å². The van der Waals surface area contributed by atoms with Gasteiger partial charge in [-0.15, -0.1) is 0 Å². The highest BCUT2D eigenvalue weighted by atomic mass is 19.1. The Balaban J connectivity index is 3.04. The van der Waals surface area contributed by atoms with E-state index in [4.69, 9.17) is 10.2 Å². The Kier molecular flexibility index (Phi) is 2.97. The zero-order valence-corrected chi connectivity index (χ0v) is 6.83. The number of hydrogen-bond donors (Lipinski definition) is 2. The molecule has 0 unspecified atom stereocenters. The average Bonchev–Trinajstić information content (AvgIpc) is 2.08. The number of halogens is 1. The van der Waals surface area contributed by atoms with Crippen molar-refractivity contribution in [3.05, 3.63) is 35.1 Å².